The highest BCUT2D eigenvalue weighted by Gasteiger charge is 2.62. The third kappa shape index (κ3) is 19.1. The van der Waals surface area contributed by atoms with Gasteiger partial charge in [0.25, 0.3) is 0 Å². The molecule has 5 aromatic heterocycles. The van der Waals surface area contributed by atoms with Crippen LogP contribution >= 0.6 is 0 Å². The van der Waals surface area contributed by atoms with E-state index in [9.17, 15) is 127 Å². The van der Waals surface area contributed by atoms with E-state index in [1.54, 1.807) is 0 Å². The molecule has 25 atom stereocenters. The Morgan fingerprint density at radius 3 is 1.15 bits per heavy atom. The number of anilines is 5. The van der Waals surface area contributed by atoms with Gasteiger partial charge in [0, 0.05) is 11.9 Å². The van der Waals surface area contributed by atoms with Crippen molar-refractivity contribution in [3.8, 4) is 59.2 Å². The van der Waals surface area contributed by atoms with E-state index in [4.69, 9.17) is 52.4 Å². The average Bonchev–Trinajstić information content (AvgIpc) is 1.65. The van der Waals surface area contributed by atoms with Crippen LogP contribution in [-0.4, -0.2) is 287 Å². The second kappa shape index (κ2) is 37.4. The maximum Gasteiger partial charge on any atom is 0.368 e. The van der Waals surface area contributed by atoms with Gasteiger partial charge in [-0.05, 0) is 53.7 Å². The molecule has 112 heavy (non-hydrogen) atoms. The zero-order chi connectivity index (χ0) is 84.2. The first-order chi connectivity index (χ1) is 52.4. The molecule has 0 bridgehead atoms. The number of halogens is 6. The zero-order valence-electron chi connectivity index (χ0n) is 59.4. The molecule has 0 aliphatic carbocycles. The quantitative estimate of drug-likeness (QED) is 0.0456. The predicted molar refractivity (Wildman–Crippen MR) is 366 cm³/mol. The van der Waals surface area contributed by atoms with Gasteiger partial charge < -0.3 is 129 Å². The van der Waals surface area contributed by atoms with Crippen LogP contribution in [0.5, 0.6) is 0 Å². The summed E-state index contributed by atoms with van der Waals surface area (Å²) in [6.45, 7) is 2.70. The van der Waals surface area contributed by atoms with Crippen molar-refractivity contribution in [3.63, 3.8) is 0 Å². The fourth-order valence-electron chi connectivity index (χ4n) is 11.6. The van der Waals surface area contributed by atoms with Crippen LogP contribution in [-0.2, 0) is 23.7 Å². The van der Waals surface area contributed by atoms with Gasteiger partial charge in [-0.25, -0.2) is 55.3 Å². The van der Waals surface area contributed by atoms with Crippen molar-refractivity contribution in [2.24, 2.45) is 0 Å². The summed E-state index contributed by atoms with van der Waals surface area (Å²) in [6.07, 6.45) is -24.6. The van der Waals surface area contributed by atoms with E-state index in [0.717, 1.165) is 26.2 Å². The first-order valence-corrected chi connectivity index (χ1v) is 32.5. The van der Waals surface area contributed by atoms with Gasteiger partial charge in [-0.15, -0.1) is 0 Å². The number of aliphatic hydroxyl groups is 15. The van der Waals surface area contributed by atoms with Gasteiger partial charge in [-0.3, -0.25) is 18.3 Å². The van der Waals surface area contributed by atoms with E-state index in [1.165, 1.54) is 59.9 Å². The molecule has 10 heterocycles. The standard InChI is InChI=1S/C14H18FN3O5.C13H15F2N3O5.C13H16FN3O5.2C12H15FN4O5/c1-7-6-9(16)17-13(21)18(7)12-14(22,4-3-5-15)11(20)10(23-12)8(2)19;1-6(19)8-9(20)13(22,3-2-4-14)11(23-8)18-5-7(15)10(16)17-12(18)21;1-7(18)9-10(19)13(21,4-2-5-14)11(22-9)17-6-3-8(15)16-12(17)20;1-6(18)7-8(19)12(21,3-2-4-13)9(22-7)17-5-15-10(14)16-11(17)20;1-6(18)8-9(19)12(21,3-2-4-13)10(22-8)17-11(20)16-7(14)5-15-17/h6,8,10-12,19-20,22H,5H2,1-2H3,(H2,16,17,21);5-6,8-9,11,19-20,22H,4H2,1H3,(H2,16,17,21);3,6-7,9-11,18-19,21H,5H2,1H3,(H2,15,16,20);5-9,18-19,21H,4H2,1H3,(H2,14,16,20);5-6,8-10,18-19,21H,4H2,1H3,(H2,14,16,20)/t8-,10+,11-,12+,14?;6-,8+,9-,11+,13?;7-,9+,10-,11+,13?;6-,7+,8-,9+,12?;6-,8+,9-,10+,12?/m00000/s1. The topological polar surface area (TPSA) is 680 Å². The number of aliphatic hydroxyl groups excluding tert-OH is 10. The highest BCUT2D eigenvalue weighted by molar-refractivity contribution is 5.33. The molecule has 5 saturated heterocycles. The number of hydrogen-bond acceptors (Lipinski definition) is 37. The Labute approximate surface area is 626 Å². The van der Waals surface area contributed by atoms with Gasteiger partial charge in [0.2, 0.25) is 11.5 Å². The van der Waals surface area contributed by atoms with Crippen molar-refractivity contribution in [2.45, 2.75) is 192 Å². The summed E-state index contributed by atoms with van der Waals surface area (Å²) >= 11 is 0. The normalized spacial score (nSPS) is 32.0. The largest absolute Gasteiger partial charge is 0.391 e. The van der Waals surface area contributed by atoms with Crippen molar-refractivity contribution in [2.75, 3.05) is 62.0 Å². The highest BCUT2D eigenvalue weighted by atomic mass is 19.1. The Morgan fingerprint density at radius 2 is 0.786 bits per heavy atom. The number of ether oxygens (including phenoxy) is 5. The molecule has 0 spiro atoms. The van der Waals surface area contributed by atoms with Crippen LogP contribution in [0, 0.1) is 71.9 Å². The van der Waals surface area contributed by atoms with Crippen LogP contribution in [0.2, 0.25) is 0 Å². The summed E-state index contributed by atoms with van der Waals surface area (Å²) in [6, 6.07) is 2.66. The summed E-state index contributed by atoms with van der Waals surface area (Å²) in [5.41, 5.74) is 10.6. The van der Waals surface area contributed by atoms with E-state index in [2.05, 4.69) is 64.6 Å². The van der Waals surface area contributed by atoms with Gasteiger partial charge in [0.15, 0.2) is 65.2 Å². The molecule has 0 amide bonds. The Bertz CT molecular complexity index is 4530. The number of rotatable bonds is 10. The Morgan fingerprint density at radius 1 is 0.455 bits per heavy atom. The first kappa shape index (κ1) is 90.7. The van der Waals surface area contributed by atoms with Gasteiger partial charge in [0.05, 0.1) is 42.9 Å². The molecule has 5 aliphatic rings. The molecule has 5 unspecified atom stereocenters. The van der Waals surface area contributed by atoms with E-state index < -0.39 is 224 Å². The zero-order valence-corrected chi connectivity index (χ0v) is 59.4. The minimum Gasteiger partial charge on any atom is -0.391 e. The van der Waals surface area contributed by atoms with Crippen LogP contribution in [0.25, 0.3) is 0 Å². The van der Waals surface area contributed by atoms with Crippen LogP contribution in [0.4, 0.5) is 55.6 Å². The monoisotopic (exact) mass is 1600 g/mol. The van der Waals surface area contributed by atoms with Crippen molar-refractivity contribution in [3.05, 3.63) is 101 Å². The molecule has 0 saturated carbocycles. The fourth-order valence-corrected chi connectivity index (χ4v) is 11.6. The molecular weight excluding hydrogens is 1520 g/mol. The maximum atomic E-state index is 13.6. The second-order valence-electron chi connectivity index (χ2n) is 25.0. The number of nitrogens with zero attached hydrogens (tertiary/aromatic N) is 12. The molecule has 612 valence electrons. The lowest BCUT2D eigenvalue weighted by molar-refractivity contribution is -0.0946. The molecule has 25 N–H and O–H groups in total. The van der Waals surface area contributed by atoms with Crippen molar-refractivity contribution < 1.29 is 127 Å². The first-order valence-electron chi connectivity index (χ1n) is 32.5. The number of aryl methyl sites for hydroxylation is 1. The second-order valence-corrected chi connectivity index (χ2v) is 25.0. The van der Waals surface area contributed by atoms with E-state index >= 15 is 0 Å². The summed E-state index contributed by atoms with van der Waals surface area (Å²) in [5.74, 6) is 18.3. The Kier molecular flexibility index (Phi) is 30.3. The van der Waals surface area contributed by atoms with Crippen molar-refractivity contribution in [1.82, 2.24) is 58.0 Å². The number of nitrogen functional groups attached to an aromatic ring is 5. The minimum absolute atomic E-state index is 0.0206. The summed E-state index contributed by atoms with van der Waals surface area (Å²) in [7, 11) is 0. The number of nitrogens with two attached hydrogens (primary N) is 5. The fraction of sp³-hybridized carbons (Fsp3) is 0.562. The lowest BCUT2D eigenvalue weighted by Gasteiger charge is -2.27. The lowest BCUT2D eigenvalue weighted by Crippen LogP contribution is -2.49. The molecule has 0 radical (unpaired) electrons. The predicted octanol–water partition coefficient (Wildman–Crippen LogP) is -9.92. The molecule has 10 rings (SSSR count). The number of alkyl halides is 5. The lowest BCUT2D eigenvalue weighted by atomic mass is 9.92. The molecule has 5 fully saturated rings. The smallest absolute Gasteiger partial charge is 0.368 e. The Hall–Kier alpha value is -10.2. The maximum absolute atomic E-state index is 13.6. The third-order valence-corrected chi connectivity index (χ3v) is 16.9. The van der Waals surface area contributed by atoms with E-state index in [0.29, 0.717) is 21.1 Å². The van der Waals surface area contributed by atoms with E-state index in [-0.39, 0.29) is 23.4 Å². The minimum atomic E-state index is -2.46. The van der Waals surface area contributed by atoms with Crippen LogP contribution in [0.15, 0.2) is 61.0 Å². The van der Waals surface area contributed by atoms with Gasteiger partial charge >= 0.3 is 28.4 Å². The third-order valence-electron chi connectivity index (χ3n) is 16.9. The van der Waals surface area contributed by atoms with Gasteiger partial charge in [0.1, 0.15) is 118 Å². The molecule has 0 aromatic carbocycles. The van der Waals surface area contributed by atoms with Crippen LogP contribution < -0.4 is 57.1 Å². The summed E-state index contributed by atoms with van der Waals surface area (Å²) in [4.78, 5) is 80.2. The van der Waals surface area contributed by atoms with Crippen molar-refractivity contribution >= 4 is 29.2 Å². The van der Waals surface area contributed by atoms with Crippen LogP contribution in [0.3, 0.4) is 0 Å². The van der Waals surface area contributed by atoms with Gasteiger partial charge in [-0.1, -0.05) is 59.2 Å². The molecule has 5 aromatic rings. The number of aromatic nitrogens is 12. The molecule has 5 aliphatic heterocycles. The SMILES string of the molecule is C[C@H](O)[C@H]1O[C@@H](n2cc(F)c(N)nc2=O)C(O)(C#CCF)[C@H]1O.C[C@H](O)[C@H]1O[C@@H](n2ccc(N)nc2=O)C(O)(C#CCF)[C@H]1O.C[C@H](O)[C@H]1O[C@@H](n2cnc(N)nc2=O)C(O)(C#CCF)[C@H]1O.C[C@H](O)[C@H]1O[C@@H](n2ncc(N)nc2=O)C(O)(C#CCF)[C@H]1O.Cc1cc(N)nc(=O)n1[C@@H]1O[C@H]([C@H](C)O)[C@H](O)C1(O)C#CCF. The average molecular weight is 1600 g/mol. The molecule has 42 nitrogen and oxygen atoms in total. The summed E-state index contributed by atoms with van der Waals surface area (Å²) < 4.78 is 106. The van der Waals surface area contributed by atoms with Crippen LogP contribution in [0.1, 0.15) is 71.5 Å². The van der Waals surface area contributed by atoms with Gasteiger partial charge in [-0.2, -0.15) is 34.7 Å². The summed E-state index contributed by atoms with van der Waals surface area (Å²) in [5, 5.41) is 155. The molecular formula is C64H79F6N17O25. The van der Waals surface area contributed by atoms with Crippen molar-refractivity contribution in [1.29, 1.82) is 0 Å². The van der Waals surface area contributed by atoms with E-state index in [1.807, 2.05) is 29.6 Å². The number of hydrogen-bond donors (Lipinski definition) is 20. The molecule has 48 heteroatoms. The Balaban J connectivity index is 0.000000218. The highest BCUT2D eigenvalue weighted by Crippen LogP contribution is 2.44.